The highest BCUT2D eigenvalue weighted by molar-refractivity contribution is 7.10. The number of Topliss-reactive ketones (excluding diaryl/α,β-unsaturated/α-hetero) is 1. The number of aryl methyl sites for hydroxylation is 1. The van der Waals surface area contributed by atoms with E-state index in [1.807, 2.05) is 36.6 Å². The molecule has 1 amide bonds. The Hall–Kier alpha value is -2.44. The second-order valence-electron chi connectivity index (χ2n) is 5.60. The predicted octanol–water partition coefficient (Wildman–Crippen LogP) is 2.47. The Morgan fingerprint density at radius 1 is 1.21 bits per heavy atom. The van der Waals surface area contributed by atoms with Crippen molar-refractivity contribution in [1.29, 1.82) is 0 Å². The van der Waals surface area contributed by atoms with E-state index in [0.717, 1.165) is 10.4 Å². The summed E-state index contributed by atoms with van der Waals surface area (Å²) in [5.74, 6) is -1.61. The van der Waals surface area contributed by atoms with Crippen molar-refractivity contribution in [3.63, 3.8) is 0 Å². The summed E-state index contributed by atoms with van der Waals surface area (Å²) in [4.78, 5) is 26.9. The Kier molecular flexibility index (Phi) is 4.51. The minimum atomic E-state index is -0.722. The molecule has 2 N–H and O–H groups in total. The summed E-state index contributed by atoms with van der Waals surface area (Å²) in [6.45, 7) is 1.72. The van der Waals surface area contributed by atoms with E-state index in [-0.39, 0.29) is 24.5 Å². The molecule has 124 valence electrons. The molecular formula is C18H17NO4S. The Morgan fingerprint density at radius 2 is 1.92 bits per heavy atom. The van der Waals surface area contributed by atoms with Gasteiger partial charge in [0.2, 0.25) is 0 Å². The van der Waals surface area contributed by atoms with Gasteiger partial charge in [-0.2, -0.15) is 0 Å². The zero-order chi connectivity index (χ0) is 17.3. The highest BCUT2D eigenvalue weighted by atomic mass is 32.1. The molecule has 0 saturated carbocycles. The smallest absolute Gasteiger partial charge is 0.295 e. The molecule has 5 nitrogen and oxygen atoms in total. The van der Waals surface area contributed by atoms with Gasteiger partial charge in [-0.3, -0.25) is 9.59 Å². The van der Waals surface area contributed by atoms with E-state index in [1.165, 1.54) is 16.2 Å². The number of rotatable bonds is 4. The molecule has 6 heteroatoms. The number of amides is 1. The molecule has 24 heavy (non-hydrogen) atoms. The molecule has 2 heterocycles. The van der Waals surface area contributed by atoms with Gasteiger partial charge in [-0.05, 0) is 18.4 Å². The molecule has 0 spiro atoms. The number of ketones is 1. The predicted molar refractivity (Wildman–Crippen MR) is 91.6 cm³/mol. The van der Waals surface area contributed by atoms with Crippen molar-refractivity contribution < 1.29 is 19.8 Å². The maximum atomic E-state index is 12.5. The van der Waals surface area contributed by atoms with Crippen LogP contribution in [-0.4, -0.2) is 40.0 Å². The number of likely N-dealkylation sites (tertiary alicyclic amines) is 1. The van der Waals surface area contributed by atoms with Crippen LogP contribution in [0.5, 0.6) is 0 Å². The number of aliphatic hydroxyl groups excluding tert-OH is 2. The number of hydrogen-bond acceptors (Lipinski definition) is 5. The lowest BCUT2D eigenvalue weighted by Gasteiger charge is -2.23. The van der Waals surface area contributed by atoms with Crippen LogP contribution < -0.4 is 0 Å². The van der Waals surface area contributed by atoms with Crippen LogP contribution in [-0.2, 0) is 9.59 Å². The zero-order valence-corrected chi connectivity index (χ0v) is 13.9. The third-order valence-electron chi connectivity index (χ3n) is 4.02. The fourth-order valence-electron chi connectivity index (χ4n) is 2.83. The molecule has 3 rings (SSSR count). The van der Waals surface area contributed by atoms with Gasteiger partial charge in [-0.25, -0.2) is 0 Å². The van der Waals surface area contributed by atoms with Crippen LogP contribution in [0.25, 0.3) is 5.76 Å². The van der Waals surface area contributed by atoms with Crippen molar-refractivity contribution in [2.24, 2.45) is 0 Å². The van der Waals surface area contributed by atoms with Gasteiger partial charge in [0.1, 0.15) is 5.76 Å². The molecule has 1 aliphatic rings. The van der Waals surface area contributed by atoms with Crippen molar-refractivity contribution in [1.82, 2.24) is 4.90 Å². The lowest BCUT2D eigenvalue weighted by molar-refractivity contribution is -0.140. The largest absolute Gasteiger partial charge is 0.507 e. The van der Waals surface area contributed by atoms with Crippen LogP contribution in [0.3, 0.4) is 0 Å². The number of thiophene rings is 1. The summed E-state index contributed by atoms with van der Waals surface area (Å²) in [6, 6.07) is 10.1. The quantitative estimate of drug-likeness (QED) is 0.508. The van der Waals surface area contributed by atoms with E-state index in [0.29, 0.717) is 5.56 Å². The topological polar surface area (TPSA) is 77.8 Å². The monoisotopic (exact) mass is 343 g/mol. The van der Waals surface area contributed by atoms with E-state index in [1.54, 1.807) is 12.1 Å². The molecule has 1 aliphatic heterocycles. The summed E-state index contributed by atoms with van der Waals surface area (Å²) >= 11 is 1.40. The summed E-state index contributed by atoms with van der Waals surface area (Å²) < 4.78 is 0. The van der Waals surface area contributed by atoms with Crippen LogP contribution in [0.1, 0.15) is 22.0 Å². The summed E-state index contributed by atoms with van der Waals surface area (Å²) in [6.07, 6.45) is 0. The number of β-amino-alcohol motifs (C(OH)–C–C–N with tert-alkyl or cyclic N) is 1. The maximum absolute atomic E-state index is 12.5. The van der Waals surface area contributed by atoms with Gasteiger partial charge in [-0.15, -0.1) is 11.3 Å². The number of hydrogen-bond donors (Lipinski definition) is 2. The van der Waals surface area contributed by atoms with Gasteiger partial charge in [0.25, 0.3) is 11.7 Å². The third kappa shape index (κ3) is 2.74. The Bertz CT molecular complexity index is 793. The minimum absolute atomic E-state index is 0.0395. The number of carbonyl (C=O) groups is 2. The third-order valence-corrected chi connectivity index (χ3v) is 4.94. The van der Waals surface area contributed by atoms with Crippen molar-refractivity contribution in [3.05, 3.63) is 63.4 Å². The van der Waals surface area contributed by atoms with Crippen molar-refractivity contribution >= 4 is 28.8 Å². The summed E-state index contributed by atoms with van der Waals surface area (Å²) in [7, 11) is 0. The number of carbonyl (C=O) groups excluding carboxylic acids is 2. The second kappa shape index (κ2) is 6.59. The van der Waals surface area contributed by atoms with E-state index < -0.39 is 17.7 Å². The van der Waals surface area contributed by atoms with E-state index in [2.05, 4.69) is 0 Å². The highest BCUT2D eigenvalue weighted by Gasteiger charge is 2.46. The first-order valence-corrected chi connectivity index (χ1v) is 8.42. The van der Waals surface area contributed by atoms with Gasteiger partial charge in [0.05, 0.1) is 18.2 Å². The first kappa shape index (κ1) is 16.4. The van der Waals surface area contributed by atoms with E-state index in [9.17, 15) is 19.8 Å². The lowest BCUT2D eigenvalue weighted by Crippen LogP contribution is -2.31. The Labute approximate surface area is 143 Å². The van der Waals surface area contributed by atoms with Crippen LogP contribution in [0, 0.1) is 6.92 Å². The van der Waals surface area contributed by atoms with Crippen molar-refractivity contribution in [3.8, 4) is 0 Å². The van der Waals surface area contributed by atoms with Gasteiger partial charge < -0.3 is 15.1 Å². The summed E-state index contributed by atoms with van der Waals surface area (Å²) in [5, 5.41) is 21.8. The molecule has 1 aromatic heterocycles. The van der Waals surface area contributed by atoms with Gasteiger partial charge in [0.15, 0.2) is 0 Å². The second-order valence-corrected chi connectivity index (χ2v) is 6.58. The van der Waals surface area contributed by atoms with Crippen LogP contribution in [0.2, 0.25) is 0 Å². The normalized spacial score (nSPS) is 19.9. The zero-order valence-electron chi connectivity index (χ0n) is 13.1. The van der Waals surface area contributed by atoms with Crippen LogP contribution >= 0.6 is 11.3 Å². The van der Waals surface area contributed by atoms with Gasteiger partial charge >= 0.3 is 0 Å². The SMILES string of the molecule is Cc1ccc(/C(O)=C2\C(=O)C(=O)N(CCO)C2c2cccs2)cc1. The van der Waals surface area contributed by atoms with E-state index >= 15 is 0 Å². The lowest BCUT2D eigenvalue weighted by atomic mass is 9.99. The molecule has 0 aliphatic carbocycles. The first-order valence-electron chi connectivity index (χ1n) is 7.54. The molecular weight excluding hydrogens is 326 g/mol. The fraction of sp³-hybridized carbons (Fsp3) is 0.222. The average Bonchev–Trinajstić information content (AvgIpc) is 3.18. The number of nitrogens with zero attached hydrogens (tertiary/aromatic N) is 1. The molecule has 1 fully saturated rings. The summed E-state index contributed by atoms with van der Waals surface area (Å²) in [5.41, 5.74) is 1.59. The average molecular weight is 343 g/mol. The van der Waals surface area contributed by atoms with Crippen molar-refractivity contribution in [2.45, 2.75) is 13.0 Å². The van der Waals surface area contributed by atoms with Gasteiger partial charge in [-0.1, -0.05) is 35.9 Å². The number of benzene rings is 1. The highest BCUT2D eigenvalue weighted by Crippen LogP contribution is 2.40. The molecule has 1 aromatic carbocycles. The fourth-order valence-corrected chi connectivity index (χ4v) is 3.67. The number of aliphatic hydroxyl groups is 2. The van der Waals surface area contributed by atoms with Gasteiger partial charge in [0, 0.05) is 17.0 Å². The molecule has 2 aromatic rings. The van der Waals surface area contributed by atoms with Crippen molar-refractivity contribution in [2.75, 3.05) is 13.2 Å². The molecule has 1 saturated heterocycles. The standard InChI is InChI=1S/C18H17NO4S/c1-11-4-6-12(7-5-11)16(21)14-15(13-3-2-10-24-13)19(8-9-20)18(23)17(14)22/h2-7,10,15,20-21H,8-9H2,1H3/b16-14+. The molecule has 1 unspecified atom stereocenters. The molecule has 0 radical (unpaired) electrons. The van der Waals surface area contributed by atoms with E-state index in [4.69, 9.17) is 0 Å². The Balaban J connectivity index is 2.15. The van der Waals surface area contributed by atoms with Crippen LogP contribution in [0.4, 0.5) is 0 Å². The minimum Gasteiger partial charge on any atom is -0.507 e. The Morgan fingerprint density at radius 3 is 2.50 bits per heavy atom. The maximum Gasteiger partial charge on any atom is 0.295 e. The molecule has 0 bridgehead atoms. The molecule has 1 atom stereocenters. The van der Waals surface area contributed by atoms with Crippen LogP contribution in [0.15, 0.2) is 47.4 Å². The first-order chi connectivity index (χ1) is 11.5.